The lowest BCUT2D eigenvalue weighted by molar-refractivity contribution is -0.122. The lowest BCUT2D eigenvalue weighted by atomic mass is 10.2. The zero-order valence-electron chi connectivity index (χ0n) is 18.5. The standard InChI is InChI=1S/C22H23F2N3O2S2.CH2O2/c1-26(18-7-8-27(12-18)11-16-5-3-2-4-6-16)19-9-20(23)22(21(24)10-19)31(28,29)14-17-13-30-15-25-17;2-1-3/h2-6,9-10,13,15,18H,7-8,11-12,14H2,1H3;1H,(H,2,3)/t18-;/m0./s1. The van der Waals surface area contributed by atoms with Gasteiger partial charge < -0.3 is 10.0 Å². The number of likely N-dealkylation sites (tertiary alicyclic amines) is 1. The van der Waals surface area contributed by atoms with Crippen LogP contribution in [-0.2, 0) is 26.9 Å². The molecule has 1 aliphatic rings. The van der Waals surface area contributed by atoms with Crippen molar-refractivity contribution in [3.8, 4) is 0 Å². The van der Waals surface area contributed by atoms with Crippen LogP contribution in [0.1, 0.15) is 17.7 Å². The highest BCUT2D eigenvalue weighted by Crippen LogP contribution is 2.30. The topological polar surface area (TPSA) is 90.8 Å². The Kier molecular flexibility index (Phi) is 8.70. The number of halogens is 2. The van der Waals surface area contributed by atoms with Crippen molar-refractivity contribution >= 4 is 33.3 Å². The molecular weight excluding hydrogens is 484 g/mol. The molecule has 0 radical (unpaired) electrons. The Labute approximate surface area is 201 Å². The molecule has 1 aliphatic heterocycles. The van der Waals surface area contributed by atoms with E-state index in [2.05, 4.69) is 22.0 Å². The first-order chi connectivity index (χ1) is 16.2. The molecule has 0 spiro atoms. The van der Waals surface area contributed by atoms with Crippen LogP contribution in [0.5, 0.6) is 0 Å². The molecule has 1 N–H and O–H groups in total. The molecule has 182 valence electrons. The molecule has 2 heterocycles. The van der Waals surface area contributed by atoms with Gasteiger partial charge in [0.1, 0.15) is 16.5 Å². The van der Waals surface area contributed by atoms with Crippen LogP contribution in [0.3, 0.4) is 0 Å². The van der Waals surface area contributed by atoms with Crippen molar-refractivity contribution in [2.75, 3.05) is 25.0 Å². The third-order valence-corrected chi connectivity index (χ3v) is 7.89. The molecule has 0 bridgehead atoms. The van der Waals surface area contributed by atoms with Crippen molar-refractivity contribution in [2.45, 2.75) is 29.7 Å². The van der Waals surface area contributed by atoms with Crippen LogP contribution in [0.15, 0.2) is 58.3 Å². The Bertz CT molecular complexity index is 1170. The number of anilines is 1. The Balaban J connectivity index is 0.00000103. The van der Waals surface area contributed by atoms with E-state index in [1.807, 2.05) is 23.1 Å². The molecule has 34 heavy (non-hydrogen) atoms. The largest absolute Gasteiger partial charge is 0.483 e. The molecule has 7 nitrogen and oxygen atoms in total. The van der Waals surface area contributed by atoms with Gasteiger partial charge in [0, 0.05) is 43.8 Å². The van der Waals surface area contributed by atoms with Gasteiger partial charge in [-0.15, -0.1) is 11.3 Å². The molecule has 1 fully saturated rings. The molecule has 4 rings (SSSR count). The predicted octanol–water partition coefficient (Wildman–Crippen LogP) is 3.81. The molecule has 0 aliphatic carbocycles. The van der Waals surface area contributed by atoms with Gasteiger partial charge in [0.25, 0.3) is 6.47 Å². The van der Waals surface area contributed by atoms with Crippen molar-refractivity contribution in [2.24, 2.45) is 0 Å². The molecule has 0 amide bonds. The molecule has 1 aromatic heterocycles. The van der Waals surface area contributed by atoms with Crippen LogP contribution < -0.4 is 4.90 Å². The maximum atomic E-state index is 14.8. The Hall–Kier alpha value is -2.89. The maximum Gasteiger partial charge on any atom is 0.290 e. The Morgan fingerprint density at radius 1 is 1.24 bits per heavy atom. The van der Waals surface area contributed by atoms with Gasteiger partial charge in [-0.25, -0.2) is 22.2 Å². The van der Waals surface area contributed by atoms with E-state index < -0.39 is 32.1 Å². The van der Waals surface area contributed by atoms with Gasteiger partial charge in [0.05, 0.1) is 17.0 Å². The van der Waals surface area contributed by atoms with Gasteiger partial charge >= 0.3 is 0 Å². The predicted molar refractivity (Wildman–Crippen MR) is 127 cm³/mol. The number of aromatic nitrogens is 1. The van der Waals surface area contributed by atoms with Crippen LogP contribution in [0.25, 0.3) is 0 Å². The quantitative estimate of drug-likeness (QED) is 0.485. The second-order valence-corrected chi connectivity index (χ2v) is 10.5. The first-order valence-electron chi connectivity index (χ1n) is 10.4. The average molecular weight is 510 g/mol. The molecule has 0 unspecified atom stereocenters. The lowest BCUT2D eigenvalue weighted by Gasteiger charge is -2.27. The molecule has 11 heteroatoms. The van der Waals surface area contributed by atoms with Crippen molar-refractivity contribution in [1.82, 2.24) is 9.88 Å². The monoisotopic (exact) mass is 509 g/mol. The minimum atomic E-state index is -4.18. The summed E-state index contributed by atoms with van der Waals surface area (Å²) in [5.41, 5.74) is 3.30. The number of rotatable bonds is 7. The van der Waals surface area contributed by atoms with Crippen molar-refractivity contribution in [1.29, 1.82) is 0 Å². The number of likely N-dealkylation sites (N-methyl/N-ethyl adjacent to an activating group) is 1. The molecule has 0 saturated carbocycles. The van der Waals surface area contributed by atoms with Crippen LogP contribution in [0.4, 0.5) is 14.5 Å². The number of hydrogen-bond acceptors (Lipinski definition) is 7. The van der Waals surface area contributed by atoms with Gasteiger partial charge in [-0.1, -0.05) is 30.3 Å². The summed E-state index contributed by atoms with van der Waals surface area (Å²) in [5.74, 6) is -2.68. The number of benzene rings is 2. The summed E-state index contributed by atoms with van der Waals surface area (Å²) in [6.45, 7) is 2.22. The summed E-state index contributed by atoms with van der Waals surface area (Å²) in [6.07, 6.45) is 0.858. The smallest absolute Gasteiger partial charge is 0.290 e. The van der Waals surface area contributed by atoms with E-state index in [0.29, 0.717) is 5.69 Å². The SMILES string of the molecule is CN(c1cc(F)c(S(=O)(=O)Cc2cscn2)c(F)c1)[C@H]1CCN(Cc2ccccc2)C1.O=CO. The molecule has 3 aromatic rings. The number of carbonyl (C=O) groups is 1. The molecular formula is C23H25F2N3O4S2. The van der Waals surface area contributed by atoms with Crippen LogP contribution >= 0.6 is 11.3 Å². The van der Waals surface area contributed by atoms with Gasteiger partial charge in [-0.05, 0) is 24.1 Å². The summed E-state index contributed by atoms with van der Waals surface area (Å²) in [7, 11) is -2.40. The van der Waals surface area contributed by atoms with E-state index in [1.54, 1.807) is 12.4 Å². The van der Waals surface area contributed by atoms with Crippen LogP contribution in [-0.4, -0.2) is 56.1 Å². The van der Waals surface area contributed by atoms with Crippen molar-refractivity contribution in [3.63, 3.8) is 0 Å². The van der Waals surface area contributed by atoms with Crippen molar-refractivity contribution in [3.05, 3.63) is 76.2 Å². The lowest BCUT2D eigenvalue weighted by Crippen LogP contribution is -2.34. The minimum absolute atomic E-state index is 0.0833. The van der Waals surface area contributed by atoms with E-state index in [1.165, 1.54) is 22.4 Å². The first-order valence-corrected chi connectivity index (χ1v) is 13.0. The maximum absolute atomic E-state index is 14.8. The van der Waals surface area contributed by atoms with Gasteiger partial charge in [-0.2, -0.15) is 0 Å². The second kappa shape index (κ2) is 11.5. The zero-order valence-corrected chi connectivity index (χ0v) is 20.1. The fraction of sp³-hybridized carbons (Fsp3) is 0.304. The summed E-state index contributed by atoms with van der Waals surface area (Å²) in [6, 6.07) is 12.4. The van der Waals surface area contributed by atoms with Crippen LogP contribution in [0, 0.1) is 11.6 Å². The summed E-state index contributed by atoms with van der Waals surface area (Å²) < 4.78 is 54.7. The van der Waals surface area contributed by atoms with Crippen LogP contribution in [0.2, 0.25) is 0 Å². The van der Waals surface area contributed by atoms with Gasteiger partial charge in [0.2, 0.25) is 0 Å². The van der Waals surface area contributed by atoms with E-state index in [4.69, 9.17) is 9.90 Å². The fourth-order valence-electron chi connectivity index (χ4n) is 3.95. The summed E-state index contributed by atoms with van der Waals surface area (Å²) in [4.78, 5) is 15.5. The number of hydrogen-bond donors (Lipinski definition) is 1. The normalized spacial score (nSPS) is 16.0. The highest BCUT2D eigenvalue weighted by molar-refractivity contribution is 7.90. The van der Waals surface area contributed by atoms with E-state index in [9.17, 15) is 17.2 Å². The highest BCUT2D eigenvalue weighted by atomic mass is 32.2. The third-order valence-electron chi connectivity index (χ3n) is 5.57. The summed E-state index contributed by atoms with van der Waals surface area (Å²) >= 11 is 1.23. The van der Waals surface area contributed by atoms with Gasteiger partial charge in [-0.3, -0.25) is 9.69 Å². The molecule has 1 saturated heterocycles. The van der Waals surface area contributed by atoms with E-state index >= 15 is 0 Å². The molecule has 2 aromatic carbocycles. The zero-order chi connectivity index (χ0) is 24.7. The van der Waals surface area contributed by atoms with Crippen molar-refractivity contribution < 1.29 is 27.1 Å². The number of nitrogens with zero attached hydrogens (tertiary/aromatic N) is 3. The van der Waals surface area contributed by atoms with E-state index in [0.717, 1.165) is 38.2 Å². The molecule has 1 atom stereocenters. The Morgan fingerprint density at radius 3 is 2.47 bits per heavy atom. The summed E-state index contributed by atoms with van der Waals surface area (Å²) in [5, 5.41) is 8.44. The van der Waals surface area contributed by atoms with Gasteiger partial charge in [0.15, 0.2) is 9.84 Å². The average Bonchev–Trinajstić information content (AvgIpc) is 3.45. The third kappa shape index (κ3) is 6.37. The first kappa shape index (κ1) is 25.7. The number of carboxylic acid groups (broad SMARTS) is 1. The Morgan fingerprint density at radius 2 is 1.88 bits per heavy atom. The second-order valence-electron chi connectivity index (χ2n) is 7.86. The number of thiazole rings is 1. The van der Waals surface area contributed by atoms with E-state index in [-0.39, 0.29) is 18.2 Å². The minimum Gasteiger partial charge on any atom is -0.483 e. The fourth-order valence-corrected chi connectivity index (χ4v) is 6.01. The highest BCUT2D eigenvalue weighted by Gasteiger charge is 2.30. The number of sulfone groups is 1.